The Morgan fingerprint density at radius 1 is 1.17 bits per heavy atom. The molecule has 1 aliphatic rings. The number of amides is 2. The summed E-state index contributed by atoms with van der Waals surface area (Å²) in [4.78, 5) is 37.9. The van der Waals surface area contributed by atoms with Gasteiger partial charge in [0.25, 0.3) is 5.91 Å². The monoisotopic (exact) mass is 344 g/mol. The van der Waals surface area contributed by atoms with Gasteiger partial charge in [0.2, 0.25) is 5.91 Å². The number of anilines is 2. The number of benzene rings is 1. The van der Waals surface area contributed by atoms with Crippen LogP contribution in [0.15, 0.2) is 30.3 Å². The molecule has 0 spiro atoms. The minimum Gasteiger partial charge on any atom is -0.465 e. The van der Waals surface area contributed by atoms with Gasteiger partial charge >= 0.3 is 5.97 Å². The third-order valence-corrected chi connectivity index (χ3v) is 4.96. The van der Waals surface area contributed by atoms with Crippen molar-refractivity contribution in [3.8, 4) is 0 Å². The van der Waals surface area contributed by atoms with Crippen LogP contribution in [0.4, 0.5) is 11.4 Å². The van der Waals surface area contributed by atoms with E-state index < -0.39 is 5.97 Å². The molecule has 7 heteroatoms. The van der Waals surface area contributed by atoms with Gasteiger partial charge in [-0.15, -0.1) is 11.3 Å². The molecule has 0 aliphatic carbocycles. The van der Waals surface area contributed by atoms with Gasteiger partial charge in [0.05, 0.1) is 12.0 Å². The minimum atomic E-state index is -0.458. The Balaban J connectivity index is 1.77. The summed E-state index contributed by atoms with van der Waals surface area (Å²) in [5.41, 5.74) is 2.55. The van der Waals surface area contributed by atoms with Gasteiger partial charge in [-0.3, -0.25) is 9.59 Å². The second-order valence-corrected chi connectivity index (χ2v) is 6.49. The summed E-state index contributed by atoms with van der Waals surface area (Å²) in [6, 6.07) is 8.64. The molecule has 2 aromatic rings. The van der Waals surface area contributed by atoms with Crippen LogP contribution in [0.25, 0.3) is 0 Å². The number of fused-ring (bicyclic) bond motifs is 1. The molecule has 0 saturated heterocycles. The molecule has 1 N–H and O–H groups in total. The molecule has 2 amide bonds. The maximum atomic E-state index is 12.3. The summed E-state index contributed by atoms with van der Waals surface area (Å²) in [5, 5.41) is 2.82. The molecule has 0 atom stereocenters. The van der Waals surface area contributed by atoms with Crippen LogP contribution in [0.3, 0.4) is 0 Å². The number of aryl methyl sites for hydroxylation is 1. The van der Waals surface area contributed by atoms with Crippen LogP contribution in [0.1, 0.15) is 31.3 Å². The zero-order valence-electron chi connectivity index (χ0n) is 13.3. The van der Waals surface area contributed by atoms with E-state index in [0.29, 0.717) is 28.3 Å². The molecular formula is C17H16N2O4S. The van der Waals surface area contributed by atoms with Crippen LogP contribution < -0.4 is 10.2 Å². The van der Waals surface area contributed by atoms with Crippen LogP contribution in [-0.4, -0.2) is 31.9 Å². The lowest BCUT2D eigenvalue weighted by Crippen LogP contribution is -2.31. The number of nitrogens with one attached hydrogen (secondary N) is 1. The largest absolute Gasteiger partial charge is 0.465 e. The van der Waals surface area contributed by atoms with Crippen LogP contribution in [0.5, 0.6) is 0 Å². The quantitative estimate of drug-likeness (QED) is 0.869. The van der Waals surface area contributed by atoms with E-state index >= 15 is 0 Å². The minimum absolute atomic E-state index is 0.0909. The van der Waals surface area contributed by atoms with Crippen LogP contribution in [-0.2, 0) is 16.0 Å². The van der Waals surface area contributed by atoms with Crippen LogP contribution in [0.2, 0.25) is 0 Å². The zero-order chi connectivity index (χ0) is 17.3. The fourth-order valence-corrected chi connectivity index (χ4v) is 3.42. The third kappa shape index (κ3) is 3.03. The van der Waals surface area contributed by atoms with Crippen molar-refractivity contribution in [2.75, 3.05) is 24.4 Å². The molecule has 1 aliphatic heterocycles. The number of hydrogen-bond donors (Lipinski definition) is 1. The van der Waals surface area contributed by atoms with E-state index in [4.69, 9.17) is 0 Å². The molecule has 0 saturated carbocycles. The van der Waals surface area contributed by atoms with Gasteiger partial charge in [0, 0.05) is 24.8 Å². The number of esters is 1. The predicted molar refractivity (Wildman–Crippen MR) is 91.8 cm³/mol. The Hall–Kier alpha value is -2.67. The van der Waals surface area contributed by atoms with Crippen molar-refractivity contribution in [1.82, 2.24) is 0 Å². The maximum absolute atomic E-state index is 12.3. The Bertz CT molecular complexity index is 828. The molecular weight excluding hydrogens is 328 g/mol. The number of carbonyl (C=O) groups excluding carboxylic acids is 3. The van der Waals surface area contributed by atoms with Crippen molar-refractivity contribution < 1.29 is 19.1 Å². The summed E-state index contributed by atoms with van der Waals surface area (Å²) < 4.78 is 4.64. The van der Waals surface area contributed by atoms with E-state index in [9.17, 15) is 14.4 Å². The average molecular weight is 344 g/mol. The third-order valence-electron chi connectivity index (χ3n) is 3.90. The highest BCUT2D eigenvalue weighted by atomic mass is 32.1. The van der Waals surface area contributed by atoms with Crippen molar-refractivity contribution >= 4 is 40.5 Å². The Labute approximate surface area is 143 Å². The SMILES string of the molecule is COC(=O)c1ccc(C(=O)Nc2ccc3c(c2)CCC(=O)N3C)s1. The first-order valence-electron chi connectivity index (χ1n) is 7.38. The Morgan fingerprint density at radius 2 is 1.92 bits per heavy atom. The molecule has 0 bridgehead atoms. The van der Waals surface area contributed by atoms with E-state index in [-0.39, 0.29) is 11.8 Å². The standard InChI is InChI=1S/C17H16N2O4S/c1-19-12-5-4-11(9-10(12)3-8-15(19)20)18-16(21)13-6-7-14(24-13)17(22)23-2/h4-7,9H,3,8H2,1-2H3,(H,18,21). The normalized spacial score (nSPS) is 13.4. The summed E-state index contributed by atoms with van der Waals surface area (Å²) in [7, 11) is 3.05. The van der Waals surface area contributed by atoms with Gasteiger partial charge in [-0.05, 0) is 42.3 Å². The van der Waals surface area contributed by atoms with Crippen LogP contribution >= 0.6 is 11.3 Å². The number of hydrogen-bond acceptors (Lipinski definition) is 5. The molecule has 24 heavy (non-hydrogen) atoms. The number of ether oxygens (including phenoxy) is 1. The fraction of sp³-hybridized carbons (Fsp3) is 0.235. The van der Waals surface area contributed by atoms with Gasteiger partial charge < -0.3 is 15.0 Å². The molecule has 0 radical (unpaired) electrons. The van der Waals surface area contributed by atoms with Gasteiger partial charge in [-0.25, -0.2) is 4.79 Å². The van der Waals surface area contributed by atoms with Crippen molar-refractivity contribution in [1.29, 1.82) is 0 Å². The molecule has 1 aromatic heterocycles. The topological polar surface area (TPSA) is 75.7 Å². The van der Waals surface area contributed by atoms with Gasteiger partial charge in [0.1, 0.15) is 4.88 Å². The lowest BCUT2D eigenvalue weighted by molar-refractivity contribution is -0.118. The number of nitrogens with zero attached hydrogens (tertiary/aromatic N) is 1. The summed E-state index contributed by atoms with van der Waals surface area (Å²) in [6.07, 6.45) is 1.13. The van der Waals surface area contributed by atoms with Crippen molar-refractivity contribution in [2.24, 2.45) is 0 Å². The highest BCUT2D eigenvalue weighted by Gasteiger charge is 2.21. The lowest BCUT2D eigenvalue weighted by atomic mass is 10.0. The van der Waals surface area contributed by atoms with E-state index in [1.54, 1.807) is 30.1 Å². The second kappa shape index (κ2) is 6.45. The Morgan fingerprint density at radius 3 is 2.67 bits per heavy atom. The van der Waals surface area contributed by atoms with Crippen molar-refractivity contribution in [2.45, 2.75) is 12.8 Å². The highest BCUT2D eigenvalue weighted by Crippen LogP contribution is 2.29. The summed E-state index contributed by atoms with van der Waals surface area (Å²) >= 11 is 1.08. The highest BCUT2D eigenvalue weighted by molar-refractivity contribution is 7.16. The fourth-order valence-electron chi connectivity index (χ4n) is 2.60. The maximum Gasteiger partial charge on any atom is 0.348 e. The molecule has 0 unspecified atom stereocenters. The number of rotatable bonds is 3. The molecule has 2 heterocycles. The van der Waals surface area contributed by atoms with E-state index in [1.807, 2.05) is 12.1 Å². The molecule has 0 fully saturated rings. The van der Waals surface area contributed by atoms with E-state index in [2.05, 4.69) is 10.1 Å². The Kier molecular flexibility index (Phi) is 4.35. The first-order chi connectivity index (χ1) is 11.5. The van der Waals surface area contributed by atoms with E-state index in [0.717, 1.165) is 22.6 Å². The first-order valence-corrected chi connectivity index (χ1v) is 8.20. The number of thiophene rings is 1. The summed E-state index contributed by atoms with van der Waals surface area (Å²) in [6.45, 7) is 0. The zero-order valence-corrected chi connectivity index (χ0v) is 14.1. The van der Waals surface area contributed by atoms with Crippen molar-refractivity contribution in [3.05, 3.63) is 45.6 Å². The average Bonchev–Trinajstić information content (AvgIpc) is 3.08. The number of methoxy groups -OCH3 is 1. The van der Waals surface area contributed by atoms with Crippen molar-refractivity contribution in [3.63, 3.8) is 0 Å². The van der Waals surface area contributed by atoms with Crippen LogP contribution in [0, 0.1) is 0 Å². The lowest BCUT2D eigenvalue weighted by Gasteiger charge is -2.26. The summed E-state index contributed by atoms with van der Waals surface area (Å²) in [5.74, 6) is -0.649. The van der Waals surface area contributed by atoms with Gasteiger partial charge in [0.15, 0.2) is 0 Å². The predicted octanol–water partition coefficient (Wildman–Crippen LogP) is 2.70. The number of carbonyl (C=O) groups is 3. The smallest absolute Gasteiger partial charge is 0.348 e. The van der Waals surface area contributed by atoms with Gasteiger partial charge in [-0.2, -0.15) is 0 Å². The second-order valence-electron chi connectivity index (χ2n) is 5.41. The van der Waals surface area contributed by atoms with Gasteiger partial charge in [-0.1, -0.05) is 0 Å². The van der Waals surface area contributed by atoms with E-state index in [1.165, 1.54) is 7.11 Å². The molecule has 3 rings (SSSR count). The molecule has 1 aromatic carbocycles. The first kappa shape index (κ1) is 16.2. The molecule has 124 valence electrons. The molecule has 6 nitrogen and oxygen atoms in total.